The molecule has 22 heavy (non-hydrogen) atoms. The molecule has 4 nitrogen and oxygen atoms in total. The highest BCUT2D eigenvalue weighted by Gasteiger charge is 2.45. The molecule has 1 saturated carbocycles. The first-order chi connectivity index (χ1) is 10.6. The summed E-state index contributed by atoms with van der Waals surface area (Å²) in [7, 11) is 1.32. The fourth-order valence-electron chi connectivity index (χ4n) is 2.96. The standard InChI is InChI=1S/C18H19NO3/c1-11(18(21)22-2)19-17(20)16-10-15(16)14-9-5-7-12-6-3-4-8-13(12)14/h3-9,11,15-16H,10H2,1-2H3,(H,19,20)/t11-,15-,16+/m0/s1. The first-order valence-electron chi connectivity index (χ1n) is 7.47. The van der Waals surface area contributed by atoms with Gasteiger partial charge in [0.05, 0.1) is 7.11 Å². The zero-order valence-corrected chi connectivity index (χ0v) is 12.7. The quantitative estimate of drug-likeness (QED) is 0.883. The van der Waals surface area contributed by atoms with E-state index in [-0.39, 0.29) is 17.7 Å². The van der Waals surface area contributed by atoms with Crippen molar-refractivity contribution in [3.8, 4) is 0 Å². The van der Waals surface area contributed by atoms with Crippen LogP contribution in [0, 0.1) is 5.92 Å². The highest BCUT2D eigenvalue weighted by molar-refractivity contribution is 5.91. The van der Waals surface area contributed by atoms with Gasteiger partial charge in [0.1, 0.15) is 6.04 Å². The number of fused-ring (bicyclic) bond motifs is 1. The number of hydrogen-bond donors (Lipinski definition) is 1. The van der Waals surface area contributed by atoms with Gasteiger partial charge >= 0.3 is 5.97 Å². The molecule has 0 saturated heterocycles. The van der Waals surface area contributed by atoms with E-state index in [0.29, 0.717) is 0 Å². The molecule has 2 aromatic rings. The second-order valence-corrected chi connectivity index (χ2v) is 5.77. The fourth-order valence-corrected chi connectivity index (χ4v) is 2.96. The molecular weight excluding hydrogens is 278 g/mol. The molecule has 114 valence electrons. The van der Waals surface area contributed by atoms with Crippen LogP contribution in [0.25, 0.3) is 10.8 Å². The average Bonchev–Trinajstić information content (AvgIpc) is 3.34. The third-order valence-electron chi connectivity index (χ3n) is 4.26. The lowest BCUT2D eigenvalue weighted by molar-refractivity contribution is -0.144. The highest BCUT2D eigenvalue weighted by atomic mass is 16.5. The van der Waals surface area contributed by atoms with E-state index in [1.165, 1.54) is 23.4 Å². The molecule has 1 N–H and O–H groups in total. The number of methoxy groups -OCH3 is 1. The Balaban J connectivity index is 1.73. The summed E-state index contributed by atoms with van der Waals surface area (Å²) in [4.78, 5) is 23.6. The lowest BCUT2D eigenvalue weighted by Crippen LogP contribution is -2.40. The van der Waals surface area contributed by atoms with Gasteiger partial charge < -0.3 is 10.1 Å². The van der Waals surface area contributed by atoms with Crippen molar-refractivity contribution in [2.45, 2.75) is 25.3 Å². The molecular formula is C18H19NO3. The van der Waals surface area contributed by atoms with Gasteiger partial charge in [-0.1, -0.05) is 42.5 Å². The summed E-state index contributed by atoms with van der Waals surface area (Å²) in [6, 6.07) is 13.8. The Labute approximate surface area is 129 Å². The third-order valence-corrected chi connectivity index (χ3v) is 4.26. The molecule has 0 bridgehead atoms. The van der Waals surface area contributed by atoms with Gasteiger partial charge in [-0.3, -0.25) is 4.79 Å². The van der Waals surface area contributed by atoms with Gasteiger partial charge in [0.2, 0.25) is 5.91 Å². The molecule has 0 radical (unpaired) electrons. The van der Waals surface area contributed by atoms with Crippen LogP contribution in [0.4, 0.5) is 0 Å². The Morgan fingerprint density at radius 2 is 1.91 bits per heavy atom. The Hall–Kier alpha value is -2.36. The fraction of sp³-hybridized carbons (Fsp3) is 0.333. The van der Waals surface area contributed by atoms with Crippen LogP contribution >= 0.6 is 0 Å². The largest absolute Gasteiger partial charge is 0.467 e. The van der Waals surface area contributed by atoms with E-state index in [9.17, 15) is 9.59 Å². The van der Waals surface area contributed by atoms with Crippen molar-refractivity contribution in [2.75, 3.05) is 7.11 Å². The van der Waals surface area contributed by atoms with Crippen molar-refractivity contribution in [2.24, 2.45) is 5.92 Å². The Kier molecular flexibility index (Phi) is 3.84. The van der Waals surface area contributed by atoms with E-state index in [2.05, 4.69) is 34.3 Å². The monoisotopic (exact) mass is 297 g/mol. The molecule has 4 heteroatoms. The zero-order chi connectivity index (χ0) is 15.7. The number of ether oxygens (including phenoxy) is 1. The smallest absolute Gasteiger partial charge is 0.328 e. The second kappa shape index (κ2) is 5.79. The summed E-state index contributed by atoms with van der Waals surface area (Å²) in [5.41, 5.74) is 1.21. The van der Waals surface area contributed by atoms with E-state index in [0.717, 1.165) is 6.42 Å². The number of carbonyl (C=O) groups is 2. The van der Waals surface area contributed by atoms with Crippen LogP contribution in [-0.4, -0.2) is 25.0 Å². The van der Waals surface area contributed by atoms with Crippen molar-refractivity contribution in [1.82, 2.24) is 5.32 Å². The number of nitrogens with one attached hydrogen (secondary N) is 1. The maximum Gasteiger partial charge on any atom is 0.328 e. The molecule has 1 amide bonds. The molecule has 0 spiro atoms. The van der Waals surface area contributed by atoms with E-state index in [1.807, 2.05) is 18.2 Å². The maximum absolute atomic E-state index is 12.2. The van der Waals surface area contributed by atoms with Crippen LogP contribution in [0.5, 0.6) is 0 Å². The molecule has 0 aliphatic heterocycles. The van der Waals surface area contributed by atoms with Crippen molar-refractivity contribution >= 4 is 22.6 Å². The first kappa shape index (κ1) is 14.6. The average molecular weight is 297 g/mol. The molecule has 3 rings (SSSR count). The van der Waals surface area contributed by atoms with Gasteiger partial charge in [0, 0.05) is 5.92 Å². The summed E-state index contributed by atoms with van der Waals surface area (Å²) in [5.74, 6) is -0.319. The molecule has 3 atom stereocenters. The van der Waals surface area contributed by atoms with E-state index >= 15 is 0 Å². The van der Waals surface area contributed by atoms with Gasteiger partial charge in [-0.05, 0) is 35.6 Å². The lowest BCUT2D eigenvalue weighted by atomic mass is 10.00. The van der Waals surface area contributed by atoms with Gasteiger partial charge in [-0.25, -0.2) is 4.79 Å². The minimum absolute atomic E-state index is 0.0575. The highest BCUT2D eigenvalue weighted by Crippen LogP contribution is 2.49. The summed E-state index contributed by atoms with van der Waals surface area (Å²) < 4.78 is 4.63. The Morgan fingerprint density at radius 1 is 1.18 bits per heavy atom. The molecule has 1 aliphatic rings. The number of benzene rings is 2. The second-order valence-electron chi connectivity index (χ2n) is 5.77. The van der Waals surface area contributed by atoms with Crippen LogP contribution in [0.3, 0.4) is 0 Å². The van der Waals surface area contributed by atoms with Crippen LogP contribution in [-0.2, 0) is 14.3 Å². The van der Waals surface area contributed by atoms with Gasteiger partial charge in [0.25, 0.3) is 0 Å². The Morgan fingerprint density at radius 3 is 2.68 bits per heavy atom. The van der Waals surface area contributed by atoms with Crippen LogP contribution in [0.1, 0.15) is 24.8 Å². The lowest BCUT2D eigenvalue weighted by Gasteiger charge is -2.11. The predicted octanol–water partition coefficient (Wildman–Crippen LogP) is 2.62. The van der Waals surface area contributed by atoms with Crippen molar-refractivity contribution in [3.63, 3.8) is 0 Å². The number of rotatable bonds is 4. The van der Waals surface area contributed by atoms with Crippen molar-refractivity contribution in [3.05, 3.63) is 48.0 Å². The van der Waals surface area contributed by atoms with Gasteiger partial charge in [-0.2, -0.15) is 0 Å². The van der Waals surface area contributed by atoms with Crippen molar-refractivity contribution in [1.29, 1.82) is 0 Å². The molecule has 0 aromatic heterocycles. The van der Waals surface area contributed by atoms with Crippen LogP contribution in [0.15, 0.2) is 42.5 Å². The number of esters is 1. The van der Waals surface area contributed by atoms with E-state index < -0.39 is 12.0 Å². The van der Waals surface area contributed by atoms with E-state index in [1.54, 1.807) is 6.92 Å². The first-order valence-corrected chi connectivity index (χ1v) is 7.47. The van der Waals surface area contributed by atoms with Crippen molar-refractivity contribution < 1.29 is 14.3 Å². The minimum atomic E-state index is -0.605. The molecule has 1 aliphatic carbocycles. The number of amides is 1. The molecule has 0 heterocycles. The van der Waals surface area contributed by atoms with E-state index in [4.69, 9.17) is 0 Å². The summed E-state index contributed by atoms with van der Waals surface area (Å²) in [6.45, 7) is 1.64. The summed E-state index contributed by atoms with van der Waals surface area (Å²) in [5, 5.41) is 5.12. The zero-order valence-electron chi connectivity index (χ0n) is 12.7. The number of carbonyl (C=O) groups excluding carboxylic acids is 2. The minimum Gasteiger partial charge on any atom is -0.467 e. The number of hydrogen-bond acceptors (Lipinski definition) is 3. The summed E-state index contributed by atoms with van der Waals surface area (Å²) >= 11 is 0. The normalized spacial score (nSPS) is 21.2. The molecule has 0 unspecified atom stereocenters. The topological polar surface area (TPSA) is 55.4 Å². The van der Waals surface area contributed by atoms with Gasteiger partial charge in [0.15, 0.2) is 0 Å². The molecule has 1 fully saturated rings. The predicted molar refractivity (Wildman–Crippen MR) is 84.4 cm³/mol. The van der Waals surface area contributed by atoms with Crippen LogP contribution in [0.2, 0.25) is 0 Å². The SMILES string of the molecule is COC(=O)[C@H](C)NC(=O)[C@@H]1C[C@H]1c1cccc2ccccc12. The third kappa shape index (κ3) is 2.69. The molecule has 2 aromatic carbocycles. The van der Waals surface area contributed by atoms with Crippen LogP contribution < -0.4 is 5.32 Å². The van der Waals surface area contributed by atoms with Gasteiger partial charge in [-0.15, -0.1) is 0 Å². The maximum atomic E-state index is 12.2. The summed E-state index contributed by atoms with van der Waals surface area (Å²) in [6.07, 6.45) is 0.827. The Bertz CT molecular complexity index is 720.